The average Bonchev–Trinajstić information content (AvgIpc) is 1.50. The molecule has 2 aliphatic heterocycles. The number of hydrogen-bond donors (Lipinski definition) is 27. The molecule has 0 aliphatic carbocycles. The number of primary amides is 2. The Bertz CT molecular complexity index is 5230. The Labute approximate surface area is 761 Å². The first-order chi connectivity index (χ1) is 63.1. The zero-order chi connectivity index (χ0) is 99.3. The number of H-pyrrole nitrogens is 2. The van der Waals surface area contributed by atoms with Gasteiger partial charge in [-0.25, -0.2) is 19.6 Å². The highest BCUT2D eigenvalue weighted by molar-refractivity contribution is 6.04. The number of esters is 1. The Morgan fingerprint density at radius 1 is 0.433 bits per heavy atom. The van der Waals surface area contributed by atoms with Gasteiger partial charge in [0.15, 0.2) is 11.6 Å². The Morgan fingerprint density at radius 2 is 0.851 bits per heavy atom. The Balaban J connectivity index is 0.926. The molecule has 52 heteroatoms. The molecule has 13 atom stereocenters. The first-order valence-corrected chi connectivity index (χ1v) is 41.6. The van der Waals surface area contributed by atoms with E-state index in [1.165, 1.54) is 114 Å². The van der Waals surface area contributed by atoms with Crippen molar-refractivity contribution >= 4 is 130 Å². The number of fused-ring (bicyclic) bond motifs is 6. The maximum absolute atomic E-state index is 14.3. The van der Waals surface area contributed by atoms with Gasteiger partial charge >= 0.3 is 23.9 Å². The molecule has 0 unspecified atom stereocenters. The fourth-order valence-corrected chi connectivity index (χ4v) is 13.5. The maximum atomic E-state index is 14.3. The van der Waals surface area contributed by atoms with Crippen molar-refractivity contribution < 1.29 is 136 Å². The van der Waals surface area contributed by atoms with E-state index in [2.05, 4.69) is 105 Å². The number of rotatable bonds is 51. The molecule has 0 radical (unpaired) electrons. The van der Waals surface area contributed by atoms with Crippen molar-refractivity contribution in [3.8, 4) is 23.0 Å². The molecule has 52 nitrogen and oxygen atoms in total. The highest BCUT2D eigenvalue weighted by atomic mass is 16.6. The number of aromatic hydroxyl groups is 2. The van der Waals surface area contributed by atoms with Crippen LogP contribution in [0.15, 0.2) is 79.6 Å². The first kappa shape index (κ1) is 105. The number of ether oxygens (including phenoxy) is 2. The van der Waals surface area contributed by atoms with Gasteiger partial charge in [0.05, 0.1) is 49.1 Å². The fourth-order valence-electron chi connectivity index (χ4n) is 13.5. The predicted molar refractivity (Wildman–Crippen MR) is 459 cm³/mol. The number of aliphatic carboxylic acids is 3. The van der Waals surface area contributed by atoms with Crippen LogP contribution in [0, 0.1) is 11.3 Å². The van der Waals surface area contributed by atoms with E-state index < -0.39 is 272 Å². The summed E-state index contributed by atoms with van der Waals surface area (Å²) in [5, 5.41) is 94.0. The van der Waals surface area contributed by atoms with Gasteiger partial charge in [-0.05, 0) is 115 Å². The number of phenolic OH excluding ortho intramolecular Hbond substituents is 2. The van der Waals surface area contributed by atoms with E-state index in [0.717, 1.165) is 13.8 Å². The number of imidazole rings is 2. The third-order valence-corrected chi connectivity index (χ3v) is 20.6. The number of carbonyl (C=O) groups is 21. The molecule has 134 heavy (non-hydrogen) atoms. The number of carboxylic acid groups (broad SMARTS) is 3. The van der Waals surface area contributed by atoms with Crippen molar-refractivity contribution in [2.45, 2.75) is 203 Å². The van der Waals surface area contributed by atoms with Crippen molar-refractivity contribution in [3.63, 3.8) is 0 Å². The Kier molecular flexibility index (Phi) is 37.7. The number of benzene rings is 3. The van der Waals surface area contributed by atoms with Gasteiger partial charge in [-0.2, -0.15) is 0 Å². The molecular weight excluding hydrogens is 1770 g/mol. The SMILES string of the molecule is CC(C)[C@H](NC(=O)[C@H](C)NC(=O)[C@H](CCC(N)=O)NC(=O)c1ccc2c(c1)C1(OC2=O)c2ccc(O)cc2Oc2cc(O)ccc21)C(=O)N[C@@H](Cc1c[nH]cn1)C(=O)N[C@@H](C)C(=O)N[C@@H](C)C(=O)N[C@@H](Cc1c[nH]cn1)C(=O)N[C@@H](C)C(=O)N[C@@H](CCC(=O)O)C(=O)NCC(=O)N[C@@H](CC(N)=O)C(=O)N[C@@H](CCC(=O)O)C(=O)N[C@@H](C)C(=O)NCC(=O)N[C@@H](CCCNC(=N)N)C(=O)O. The smallest absolute Gasteiger partial charge is 0.340 e. The lowest BCUT2D eigenvalue weighted by Gasteiger charge is -2.36. The summed E-state index contributed by atoms with van der Waals surface area (Å²) in [6.45, 7) is 7.21. The standard InChI is InChI=1S/C82H106N24O28/c1-35(2)65(106-70(121)40(7)96-73(124)51(16-19-59(83)109)102-71(122)41-10-13-46-49(23-41)82(134-80(46)132)47-14-11-44(107)26-57(47)133-58-27-45(108)12-15-48(58)82)78(129)105-55(25-43-30-88-34-93-43)76(127)97-37(4)67(118)94-38(5)69(120)104-54(24-42-29-87-33-92-42)75(126)98-39(6)68(119)101-50(17-20-63(113)114)72(123)91-32-62(112)100-56(28-60(84)110)77(128)103-52(18-21-64(115)116)74(125)95-36(3)66(117)90-31-61(111)99-53(79(130)131)9-8-22-89-81(85)86/h10-15,23,26-27,29-30,33-40,50-56,65,107-108H,8-9,16-22,24-25,28,31-32H2,1-7H3,(H2,83,109)(H2,84,110)(H,87,92)(H,88,93)(H,90,117)(H,91,123)(H,94,118)(H,95,125)(H,96,124)(H,97,127)(H,98,126)(H,99,111)(H,100,112)(H,101,119)(H,102,122)(H,103,128)(H,104,120)(H,105,129)(H,106,121)(H,113,114)(H,115,116)(H,130,131)(H4,85,86,89)/t36-,37-,38-,39-,40-,50-,51-,52-,53-,54-,55-,56-,65-/m0/s1. The van der Waals surface area contributed by atoms with Crippen LogP contribution >= 0.6 is 0 Å². The van der Waals surface area contributed by atoms with Crippen LogP contribution in [0.2, 0.25) is 0 Å². The normalized spacial score (nSPS) is 14.8. The van der Waals surface area contributed by atoms with Crippen molar-refractivity contribution in [1.82, 2.24) is 105 Å². The van der Waals surface area contributed by atoms with Gasteiger partial charge < -0.3 is 147 Å². The number of aromatic amines is 2. The molecule has 17 amide bonds. The molecule has 4 heterocycles. The summed E-state index contributed by atoms with van der Waals surface area (Å²) in [6, 6.07) is -8.82. The number of nitrogens with one attached hydrogen (secondary N) is 19. The summed E-state index contributed by atoms with van der Waals surface area (Å²) in [5.74, 6) is -24.7. The monoisotopic (exact) mass is 1870 g/mol. The highest BCUT2D eigenvalue weighted by Crippen LogP contribution is 2.57. The minimum absolute atomic E-state index is 0.0284. The van der Waals surface area contributed by atoms with Crippen molar-refractivity contribution in [3.05, 3.63) is 119 Å². The molecule has 0 saturated carbocycles. The number of nitrogens with two attached hydrogens (primary N) is 3. The second kappa shape index (κ2) is 48.3. The molecule has 722 valence electrons. The first-order valence-electron chi connectivity index (χ1n) is 41.6. The zero-order valence-corrected chi connectivity index (χ0v) is 73.2. The highest BCUT2D eigenvalue weighted by Gasteiger charge is 2.54. The number of carboxylic acids is 3. The molecular formula is C82H106N24O28. The summed E-state index contributed by atoms with van der Waals surface area (Å²) >= 11 is 0. The van der Waals surface area contributed by atoms with Crippen LogP contribution in [-0.4, -0.2) is 274 Å². The lowest BCUT2D eigenvalue weighted by Crippen LogP contribution is -2.60. The van der Waals surface area contributed by atoms with Crippen LogP contribution < -0.4 is 107 Å². The molecule has 0 saturated heterocycles. The van der Waals surface area contributed by atoms with Gasteiger partial charge in [0.25, 0.3) is 5.91 Å². The number of nitrogens with zero attached hydrogens (tertiary/aromatic N) is 2. The molecule has 5 aromatic rings. The largest absolute Gasteiger partial charge is 0.508 e. The van der Waals surface area contributed by atoms with Crippen LogP contribution in [0.5, 0.6) is 23.0 Å². The van der Waals surface area contributed by atoms with Gasteiger partial charge in [0, 0.05) is 85.4 Å². The second-order valence-electron chi connectivity index (χ2n) is 31.5. The van der Waals surface area contributed by atoms with Crippen LogP contribution in [0.4, 0.5) is 0 Å². The van der Waals surface area contributed by atoms with Gasteiger partial charge in [0.2, 0.25) is 94.5 Å². The number of guanidine groups is 1. The molecule has 0 fully saturated rings. The van der Waals surface area contributed by atoms with Crippen LogP contribution in [-0.2, 0) is 114 Å². The number of carbonyl (C=O) groups excluding carboxylic acids is 18. The number of hydrogen-bond acceptors (Lipinski definition) is 28. The third-order valence-electron chi connectivity index (χ3n) is 20.6. The van der Waals surface area contributed by atoms with E-state index in [0.29, 0.717) is 0 Å². The third kappa shape index (κ3) is 30.4. The summed E-state index contributed by atoms with van der Waals surface area (Å²) < 4.78 is 12.1. The molecule has 30 N–H and O–H groups in total. The lowest BCUT2D eigenvalue weighted by atomic mass is 9.77. The van der Waals surface area contributed by atoms with E-state index in [1.54, 1.807) is 0 Å². The molecule has 7 rings (SSSR count). The summed E-state index contributed by atoms with van der Waals surface area (Å²) in [7, 11) is 0. The van der Waals surface area contributed by atoms with E-state index >= 15 is 0 Å². The van der Waals surface area contributed by atoms with Gasteiger partial charge in [-0.1, -0.05) is 13.8 Å². The van der Waals surface area contributed by atoms with Crippen molar-refractivity contribution in [2.75, 3.05) is 19.6 Å². The average molecular weight is 1880 g/mol. The molecule has 1 spiro atoms. The maximum Gasteiger partial charge on any atom is 0.340 e. The topological polar surface area (TPSA) is 830 Å². The number of amides is 17. The summed E-state index contributed by atoms with van der Waals surface area (Å²) in [5.41, 5.74) is 15.2. The Hall–Kier alpha value is -16.4. The van der Waals surface area contributed by atoms with Gasteiger partial charge in [-0.15, -0.1) is 0 Å². The fraction of sp³-hybridized carbons (Fsp3) is 0.439. The van der Waals surface area contributed by atoms with E-state index in [4.69, 9.17) is 32.1 Å². The quantitative estimate of drug-likeness (QED) is 0.00744. The van der Waals surface area contributed by atoms with E-state index in [-0.39, 0.29) is 100 Å². The summed E-state index contributed by atoms with van der Waals surface area (Å²) in [6.07, 6.45) is -0.135. The molecule has 2 aromatic heterocycles. The van der Waals surface area contributed by atoms with E-state index in [9.17, 15) is 126 Å². The predicted octanol–water partition coefficient (Wildman–Crippen LogP) is -7.28. The minimum Gasteiger partial charge on any atom is -0.508 e. The number of phenols is 2. The second-order valence-corrected chi connectivity index (χ2v) is 31.5. The van der Waals surface area contributed by atoms with Crippen LogP contribution in [0.3, 0.4) is 0 Å². The summed E-state index contributed by atoms with van der Waals surface area (Å²) in [4.78, 5) is 293. The van der Waals surface area contributed by atoms with Gasteiger partial charge in [0.1, 0.15) is 102 Å². The minimum atomic E-state index is -1.96. The Morgan fingerprint density at radius 3 is 1.31 bits per heavy atom. The zero-order valence-electron chi connectivity index (χ0n) is 73.2. The lowest BCUT2D eigenvalue weighted by molar-refractivity contribution is -0.142. The van der Waals surface area contributed by atoms with Crippen molar-refractivity contribution in [1.29, 1.82) is 5.41 Å². The van der Waals surface area contributed by atoms with Gasteiger partial charge in [-0.3, -0.25) is 96.5 Å². The molecule has 3 aromatic carbocycles. The molecule has 2 aliphatic rings. The van der Waals surface area contributed by atoms with Crippen LogP contribution in [0.25, 0.3) is 0 Å². The molecule has 0 bridgehead atoms. The van der Waals surface area contributed by atoms with Crippen molar-refractivity contribution in [2.24, 2.45) is 23.1 Å². The van der Waals surface area contributed by atoms with E-state index in [1.807, 2.05) is 0 Å². The number of aromatic nitrogens is 4. The van der Waals surface area contributed by atoms with Crippen LogP contribution in [0.1, 0.15) is 155 Å².